The molecule has 0 spiro atoms. The number of allylic oxidation sites excluding steroid dienone is 3. The smallest absolute Gasteiger partial charge is 0.288 e. The summed E-state index contributed by atoms with van der Waals surface area (Å²) in [5.74, 6) is 2.94. The monoisotopic (exact) mass is 584 g/mol. The zero-order chi connectivity index (χ0) is 30.1. The van der Waals surface area contributed by atoms with Gasteiger partial charge < -0.3 is 24.0 Å². The van der Waals surface area contributed by atoms with Crippen molar-refractivity contribution < 1.29 is 23.9 Å². The second-order valence-corrected chi connectivity index (χ2v) is 12.4. The quantitative estimate of drug-likeness (QED) is 0.234. The number of rotatable bonds is 13. The van der Waals surface area contributed by atoms with E-state index in [0.29, 0.717) is 50.6 Å². The van der Waals surface area contributed by atoms with Gasteiger partial charge in [-0.15, -0.1) is 0 Å². The third-order valence-corrected chi connectivity index (χ3v) is 7.89. The molecule has 10 nitrogen and oxygen atoms in total. The summed E-state index contributed by atoms with van der Waals surface area (Å²) < 4.78 is 17.8. The van der Waals surface area contributed by atoms with E-state index in [2.05, 4.69) is 35.8 Å². The first-order valence-electron chi connectivity index (χ1n) is 15.5. The van der Waals surface area contributed by atoms with Crippen molar-refractivity contribution in [3.8, 4) is 5.75 Å². The molecular weight excluding hydrogens is 536 g/mol. The van der Waals surface area contributed by atoms with Crippen molar-refractivity contribution in [3.63, 3.8) is 0 Å². The molecule has 10 heteroatoms. The van der Waals surface area contributed by atoms with Crippen LogP contribution in [0.5, 0.6) is 5.75 Å². The summed E-state index contributed by atoms with van der Waals surface area (Å²) in [6.07, 6.45) is 4.55. The summed E-state index contributed by atoms with van der Waals surface area (Å²) in [5.41, 5.74) is 1.33. The fourth-order valence-corrected chi connectivity index (χ4v) is 5.42. The van der Waals surface area contributed by atoms with Gasteiger partial charge in [-0.1, -0.05) is 27.7 Å². The highest BCUT2D eigenvalue weighted by Crippen LogP contribution is 2.29. The number of benzene rings is 1. The van der Waals surface area contributed by atoms with Crippen LogP contribution in [0, 0.1) is 22.0 Å². The molecule has 0 N–H and O–H groups in total. The molecule has 1 amide bonds. The van der Waals surface area contributed by atoms with Gasteiger partial charge in [-0.3, -0.25) is 19.8 Å². The highest BCUT2D eigenvalue weighted by atomic mass is 16.6. The Morgan fingerprint density at radius 3 is 2.19 bits per heavy atom. The molecule has 2 saturated heterocycles. The number of piperidine rings is 1. The number of hydrogen-bond acceptors (Lipinski definition) is 8. The molecule has 0 atom stereocenters. The van der Waals surface area contributed by atoms with E-state index in [9.17, 15) is 14.9 Å². The Kier molecular flexibility index (Phi) is 11.5. The molecule has 4 rings (SSSR count). The number of likely N-dealkylation sites (tertiary alicyclic amines) is 1. The molecule has 2 fully saturated rings. The lowest BCUT2D eigenvalue weighted by Gasteiger charge is -2.37. The molecule has 2 aliphatic heterocycles. The number of carbonyl (C=O) groups excluding carboxylic acids is 1. The number of ether oxygens (including phenoxy) is 3. The summed E-state index contributed by atoms with van der Waals surface area (Å²) in [7, 11) is 0. The molecule has 232 valence electrons. The van der Waals surface area contributed by atoms with E-state index in [4.69, 9.17) is 14.2 Å². The van der Waals surface area contributed by atoms with Crippen LogP contribution in [-0.2, 0) is 14.3 Å². The molecule has 42 heavy (non-hydrogen) atoms. The van der Waals surface area contributed by atoms with Gasteiger partial charge in [-0.25, -0.2) is 0 Å². The second-order valence-electron chi connectivity index (χ2n) is 12.4. The normalized spacial score (nSPS) is 18.9. The van der Waals surface area contributed by atoms with Gasteiger partial charge in [0.2, 0.25) is 5.91 Å². The maximum absolute atomic E-state index is 13.0. The van der Waals surface area contributed by atoms with Crippen LogP contribution in [0.2, 0.25) is 0 Å². The number of carbonyl (C=O) groups is 1. The van der Waals surface area contributed by atoms with E-state index in [0.717, 1.165) is 63.7 Å². The van der Waals surface area contributed by atoms with E-state index >= 15 is 0 Å². The molecule has 1 aromatic carbocycles. The Hall–Kier alpha value is -3.27. The summed E-state index contributed by atoms with van der Waals surface area (Å²) in [4.78, 5) is 30.8. The van der Waals surface area contributed by atoms with Gasteiger partial charge in [0.15, 0.2) is 5.76 Å². The predicted octanol–water partition coefficient (Wildman–Crippen LogP) is 5.08. The lowest BCUT2D eigenvalue weighted by Crippen LogP contribution is -2.48. The molecule has 0 saturated carbocycles. The molecule has 1 aliphatic carbocycles. The maximum atomic E-state index is 13.0. The Balaban J connectivity index is 1.15. The minimum atomic E-state index is -0.351. The van der Waals surface area contributed by atoms with Crippen molar-refractivity contribution >= 4 is 11.6 Å². The molecule has 0 radical (unpaired) electrons. The van der Waals surface area contributed by atoms with Gasteiger partial charge in [0.1, 0.15) is 17.6 Å². The molecule has 0 aromatic heterocycles. The average molecular weight is 585 g/mol. The molecule has 0 bridgehead atoms. The third-order valence-electron chi connectivity index (χ3n) is 7.89. The number of hydrogen-bond donors (Lipinski definition) is 0. The van der Waals surface area contributed by atoms with Crippen LogP contribution in [-0.4, -0.2) is 85.8 Å². The number of amides is 1. The first-order chi connectivity index (χ1) is 20.2. The maximum Gasteiger partial charge on any atom is 0.288 e. The predicted molar refractivity (Wildman–Crippen MR) is 163 cm³/mol. The molecular formula is C32H48N4O6. The minimum absolute atomic E-state index is 0.00714. The van der Waals surface area contributed by atoms with E-state index in [1.165, 1.54) is 5.69 Å². The van der Waals surface area contributed by atoms with Crippen LogP contribution in [0.25, 0.3) is 0 Å². The standard InChI is InChI=1S/C32H48N4O6/c1-24(2)22-40-27-7-5-26(6-8-27)34-19-17-33(18-20-34)14-13-32(37)35-15-11-28(12-16-35)42-29-9-10-30(36(38)39)31(21-29)41-23-25(3)4/h5-8,21,24-25,28H,9-20,22-23H2,1-4H3. The summed E-state index contributed by atoms with van der Waals surface area (Å²) in [5, 5.41) is 11.4. The molecule has 0 unspecified atom stereocenters. The van der Waals surface area contributed by atoms with E-state index in [1.807, 2.05) is 30.9 Å². The van der Waals surface area contributed by atoms with Crippen LogP contribution in [0.1, 0.15) is 59.8 Å². The van der Waals surface area contributed by atoms with E-state index < -0.39 is 0 Å². The zero-order valence-electron chi connectivity index (χ0n) is 25.8. The van der Waals surface area contributed by atoms with E-state index in [-0.39, 0.29) is 28.5 Å². The Bertz CT molecular complexity index is 1100. The van der Waals surface area contributed by atoms with Crippen LogP contribution < -0.4 is 9.64 Å². The number of piperazine rings is 1. The van der Waals surface area contributed by atoms with Gasteiger partial charge in [0, 0.05) is 89.7 Å². The van der Waals surface area contributed by atoms with Crippen molar-refractivity contribution in [1.82, 2.24) is 9.80 Å². The van der Waals surface area contributed by atoms with Crippen molar-refractivity contribution in [2.24, 2.45) is 11.8 Å². The fourth-order valence-electron chi connectivity index (χ4n) is 5.42. The third kappa shape index (κ3) is 9.37. The van der Waals surface area contributed by atoms with Crippen LogP contribution in [0.15, 0.2) is 47.6 Å². The van der Waals surface area contributed by atoms with E-state index in [1.54, 1.807) is 6.08 Å². The SMILES string of the molecule is CC(C)COC1=C([N+](=O)[O-])CCC(OC2CCN(C(=O)CCN3CCN(c4ccc(OCC(C)C)cc4)CC3)CC2)=C1. The number of nitrogens with zero attached hydrogens (tertiary/aromatic N) is 4. The Morgan fingerprint density at radius 2 is 1.57 bits per heavy atom. The van der Waals surface area contributed by atoms with Gasteiger partial charge in [-0.2, -0.15) is 0 Å². The largest absolute Gasteiger partial charge is 0.494 e. The Labute approximate surface area is 250 Å². The minimum Gasteiger partial charge on any atom is -0.494 e. The van der Waals surface area contributed by atoms with Crippen molar-refractivity contribution in [1.29, 1.82) is 0 Å². The Morgan fingerprint density at radius 1 is 0.929 bits per heavy atom. The van der Waals surface area contributed by atoms with Gasteiger partial charge >= 0.3 is 0 Å². The fraction of sp³-hybridized carbons (Fsp3) is 0.656. The first-order valence-corrected chi connectivity index (χ1v) is 15.5. The van der Waals surface area contributed by atoms with Crippen LogP contribution in [0.3, 0.4) is 0 Å². The second kappa shape index (κ2) is 15.3. The number of nitro groups is 1. The molecule has 2 heterocycles. The highest BCUT2D eigenvalue weighted by Gasteiger charge is 2.29. The summed E-state index contributed by atoms with van der Waals surface area (Å²) >= 11 is 0. The van der Waals surface area contributed by atoms with Crippen molar-refractivity contribution in [2.75, 3.05) is 63.9 Å². The van der Waals surface area contributed by atoms with Gasteiger partial charge in [0.05, 0.1) is 18.1 Å². The van der Waals surface area contributed by atoms with Crippen molar-refractivity contribution in [2.45, 2.75) is 65.9 Å². The van der Waals surface area contributed by atoms with Gasteiger partial charge in [-0.05, 0) is 36.1 Å². The highest BCUT2D eigenvalue weighted by molar-refractivity contribution is 5.76. The van der Waals surface area contributed by atoms with Crippen molar-refractivity contribution in [3.05, 3.63) is 57.7 Å². The average Bonchev–Trinajstić information content (AvgIpc) is 2.98. The summed E-state index contributed by atoms with van der Waals surface area (Å²) in [6, 6.07) is 8.36. The van der Waals surface area contributed by atoms with Gasteiger partial charge in [0.25, 0.3) is 5.70 Å². The number of anilines is 1. The summed E-state index contributed by atoms with van der Waals surface area (Å²) in [6.45, 7) is 15.4. The topological polar surface area (TPSA) is 97.6 Å². The zero-order valence-corrected chi connectivity index (χ0v) is 25.8. The lowest BCUT2D eigenvalue weighted by molar-refractivity contribution is -0.431. The molecule has 3 aliphatic rings. The molecule has 1 aromatic rings. The van der Waals surface area contributed by atoms with Crippen LogP contribution in [0.4, 0.5) is 5.69 Å². The first kappa shape index (κ1) is 31.7. The van der Waals surface area contributed by atoms with Crippen LogP contribution >= 0.6 is 0 Å². The lowest BCUT2D eigenvalue weighted by atomic mass is 10.1.